The van der Waals surface area contributed by atoms with Gasteiger partial charge in [0.25, 0.3) is 0 Å². The summed E-state index contributed by atoms with van der Waals surface area (Å²) in [7, 11) is 1.23. The number of carbonyl (C=O) groups excluding carboxylic acids is 1. The predicted molar refractivity (Wildman–Crippen MR) is 73.3 cm³/mol. The third kappa shape index (κ3) is 4.04. The second kappa shape index (κ2) is 6.71. The van der Waals surface area contributed by atoms with Gasteiger partial charge in [-0.2, -0.15) is 0 Å². The van der Waals surface area contributed by atoms with Crippen LogP contribution in [0, 0.1) is 17.6 Å². The highest BCUT2D eigenvalue weighted by Crippen LogP contribution is 2.34. The van der Waals surface area contributed by atoms with Gasteiger partial charge in [-0.15, -0.1) is 0 Å². The molecule has 0 saturated heterocycles. The molecule has 1 saturated carbocycles. The van der Waals surface area contributed by atoms with Crippen molar-refractivity contribution >= 4 is 11.7 Å². The zero-order valence-electron chi connectivity index (χ0n) is 11.7. The molecule has 1 aromatic carbocycles. The van der Waals surface area contributed by atoms with E-state index in [-0.39, 0.29) is 24.1 Å². The Bertz CT molecular complexity index is 521. The number of methoxy groups -OCH3 is 1. The summed E-state index contributed by atoms with van der Waals surface area (Å²) in [6.07, 6.45) is 2.44. The standard InChI is InChI=1S/C14H18F2N2O3/c1-21-13-7-9(15)12(6-10(13)16)18-14(20)17-11(4-5-19)8-2-3-8/h6-8,11,19H,2-5H2,1H3,(H2,17,18,20). The highest BCUT2D eigenvalue weighted by Gasteiger charge is 2.31. The van der Waals surface area contributed by atoms with E-state index in [4.69, 9.17) is 5.11 Å². The lowest BCUT2D eigenvalue weighted by atomic mass is 10.1. The normalized spacial score (nSPS) is 15.4. The molecular weight excluding hydrogens is 282 g/mol. The van der Waals surface area contributed by atoms with E-state index in [1.165, 1.54) is 7.11 Å². The van der Waals surface area contributed by atoms with Crippen molar-refractivity contribution < 1.29 is 23.4 Å². The monoisotopic (exact) mass is 300 g/mol. The molecule has 1 fully saturated rings. The van der Waals surface area contributed by atoms with Gasteiger partial charge in [-0.05, 0) is 25.2 Å². The molecule has 3 N–H and O–H groups in total. The van der Waals surface area contributed by atoms with Gasteiger partial charge in [0.1, 0.15) is 0 Å². The van der Waals surface area contributed by atoms with E-state index in [1.807, 2.05) is 0 Å². The highest BCUT2D eigenvalue weighted by molar-refractivity contribution is 5.89. The summed E-state index contributed by atoms with van der Waals surface area (Å²) in [5.41, 5.74) is -0.260. The van der Waals surface area contributed by atoms with E-state index >= 15 is 0 Å². The van der Waals surface area contributed by atoms with Crippen LogP contribution in [-0.2, 0) is 0 Å². The fraction of sp³-hybridized carbons (Fsp3) is 0.500. The summed E-state index contributed by atoms with van der Waals surface area (Å²) in [6, 6.07) is 0.966. The lowest BCUT2D eigenvalue weighted by Gasteiger charge is -2.18. The zero-order chi connectivity index (χ0) is 15.4. The lowest BCUT2D eigenvalue weighted by molar-refractivity contribution is 0.234. The largest absolute Gasteiger partial charge is 0.494 e. The van der Waals surface area contributed by atoms with Gasteiger partial charge in [0.05, 0.1) is 12.8 Å². The molecule has 1 aliphatic carbocycles. The van der Waals surface area contributed by atoms with Gasteiger partial charge in [0, 0.05) is 24.8 Å². The number of urea groups is 1. The average molecular weight is 300 g/mol. The summed E-state index contributed by atoms with van der Waals surface area (Å²) < 4.78 is 31.9. The van der Waals surface area contributed by atoms with Crippen LogP contribution in [0.3, 0.4) is 0 Å². The molecule has 7 heteroatoms. The van der Waals surface area contributed by atoms with E-state index in [9.17, 15) is 13.6 Å². The Hall–Kier alpha value is -1.89. The Morgan fingerprint density at radius 2 is 2.14 bits per heavy atom. The van der Waals surface area contributed by atoms with Crippen molar-refractivity contribution in [2.75, 3.05) is 19.0 Å². The van der Waals surface area contributed by atoms with Crippen molar-refractivity contribution in [2.45, 2.75) is 25.3 Å². The zero-order valence-corrected chi connectivity index (χ0v) is 11.7. The predicted octanol–water partition coefficient (Wildman–Crippen LogP) is 2.26. The van der Waals surface area contributed by atoms with Gasteiger partial charge in [-0.3, -0.25) is 0 Å². The first-order chi connectivity index (χ1) is 10.0. The molecule has 1 aromatic rings. The molecule has 116 valence electrons. The van der Waals surface area contributed by atoms with Gasteiger partial charge in [-0.25, -0.2) is 13.6 Å². The number of halogens is 2. The summed E-state index contributed by atoms with van der Waals surface area (Å²) in [6.45, 7) is -0.0348. The number of rotatable bonds is 6. The summed E-state index contributed by atoms with van der Waals surface area (Å²) in [5.74, 6) is -1.42. The molecule has 2 rings (SSSR count). The van der Waals surface area contributed by atoms with E-state index in [0.29, 0.717) is 12.3 Å². The SMILES string of the molecule is COc1cc(F)c(NC(=O)NC(CCO)C2CC2)cc1F. The number of benzene rings is 1. The van der Waals surface area contributed by atoms with Crippen molar-refractivity contribution in [3.63, 3.8) is 0 Å². The molecule has 1 unspecified atom stereocenters. The minimum atomic E-state index is -0.784. The van der Waals surface area contributed by atoms with Crippen molar-refractivity contribution in [2.24, 2.45) is 5.92 Å². The number of amides is 2. The molecule has 5 nitrogen and oxygen atoms in total. The first kappa shape index (κ1) is 15.5. The first-order valence-corrected chi connectivity index (χ1v) is 6.76. The number of nitrogens with one attached hydrogen (secondary N) is 2. The van der Waals surface area contributed by atoms with Gasteiger partial charge < -0.3 is 20.5 Å². The summed E-state index contributed by atoms with van der Waals surface area (Å²) >= 11 is 0. The number of aliphatic hydroxyl groups is 1. The molecular formula is C14H18F2N2O3. The maximum atomic E-state index is 13.7. The molecule has 0 heterocycles. The van der Waals surface area contributed by atoms with Crippen molar-refractivity contribution in [3.05, 3.63) is 23.8 Å². The molecule has 0 aromatic heterocycles. The van der Waals surface area contributed by atoms with Crippen molar-refractivity contribution in [1.82, 2.24) is 5.32 Å². The van der Waals surface area contributed by atoms with E-state index in [1.54, 1.807) is 0 Å². The quantitative estimate of drug-likeness (QED) is 0.754. The van der Waals surface area contributed by atoms with Crippen LogP contribution in [0.15, 0.2) is 12.1 Å². The van der Waals surface area contributed by atoms with Crippen LogP contribution >= 0.6 is 0 Å². The second-order valence-corrected chi connectivity index (χ2v) is 5.02. The fourth-order valence-corrected chi connectivity index (χ4v) is 2.17. The van der Waals surface area contributed by atoms with Crippen molar-refractivity contribution in [3.8, 4) is 5.75 Å². The second-order valence-electron chi connectivity index (χ2n) is 5.02. The molecule has 0 radical (unpaired) electrons. The Labute approximate surface area is 121 Å². The molecule has 0 bridgehead atoms. The van der Waals surface area contributed by atoms with E-state index in [2.05, 4.69) is 15.4 Å². The van der Waals surface area contributed by atoms with Crippen LogP contribution in [0.2, 0.25) is 0 Å². The van der Waals surface area contributed by atoms with Gasteiger partial charge >= 0.3 is 6.03 Å². The van der Waals surface area contributed by atoms with Crippen molar-refractivity contribution in [1.29, 1.82) is 0 Å². The third-order valence-electron chi connectivity index (χ3n) is 3.44. The average Bonchev–Trinajstić information content (AvgIpc) is 3.26. The van der Waals surface area contributed by atoms with E-state index in [0.717, 1.165) is 25.0 Å². The lowest BCUT2D eigenvalue weighted by Crippen LogP contribution is -2.40. The molecule has 1 aliphatic rings. The van der Waals surface area contributed by atoms with Gasteiger partial charge in [0.2, 0.25) is 0 Å². The number of hydrogen-bond acceptors (Lipinski definition) is 3. The van der Waals surface area contributed by atoms with Crippen LogP contribution in [0.4, 0.5) is 19.3 Å². The summed E-state index contributed by atoms with van der Waals surface area (Å²) in [5, 5.41) is 13.9. The Morgan fingerprint density at radius 3 is 2.71 bits per heavy atom. The van der Waals surface area contributed by atoms with Gasteiger partial charge in [0.15, 0.2) is 17.4 Å². The Morgan fingerprint density at radius 1 is 1.43 bits per heavy atom. The maximum absolute atomic E-state index is 13.7. The Kier molecular flexibility index (Phi) is 4.95. The fourth-order valence-electron chi connectivity index (χ4n) is 2.17. The first-order valence-electron chi connectivity index (χ1n) is 6.76. The van der Waals surface area contributed by atoms with Crippen LogP contribution in [-0.4, -0.2) is 30.9 Å². The number of hydrogen-bond donors (Lipinski definition) is 3. The number of aliphatic hydroxyl groups excluding tert-OH is 1. The molecule has 21 heavy (non-hydrogen) atoms. The number of anilines is 1. The molecule has 0 spiro atoms. The highest BCUT2D eigenvalue weighted by atomic mass is 19.1. The maximum Gasteiger partial charge on any atom is 0.319 e. The van der Waals surface area contributed by atoms with Crippen LogP contribution in [0.1, 0.15) is 19.3 Å². The van der Waals surface area contributed by atoms with Gasteiger partial charge in [-0.1, -0.05) is 0 Å². The van der Waals surface area contributed by atoms with Crippen LogP contribution in [0.5, 0.6) is 5.75 Å². The third-order valence-corrected chi connectivity index (χ3v) is 3.44. The minimum Gasteiger partial charge on any atom is -0.494 e. The number of ether oxygens (including phenoxy) is 1. The summed E-state index contributed by atoms with van der Waals surface area (Å²) in [4.78, 5) is 11.8. The van der Waals surface area contributed by atoms with Crippen LogP contribution < -0.4 is 15.4 Å². The molecule has 1 atom stereocenters. The smallest absolute Gasteiger partial charge is 0.319 e. The van der Waals surface area contributed by atoms with Crippen LogP contribution in [0.25, 0.3) is 0 Å². The van der Waals surface area contributed by atoms with E-state index < -0.39 is 17.7 Å². The number of carbonyl (C=O) groups is 1. The minimum absolute atomic E-state index is 0.0348. The topological polar surface area (TPSA) is 70.6 Å². The molecule has 0 aliphatic heterocycles. The Balaban J connectivity index is 2.00. The molecule has 2 amide bonds.